The van der Waals surface area contributed by atoms with Crippen LogP contribution in [0.3, 0.4) is 0 Å². The van der Waals surface area contributed by atoms with Gasteiger partial charge in [0.15, 0.2) is 0 Å². The van der Waals surface area contributed by atoms with Crippen LogP contribution in [0.2, 0.25) is 0 Å². The van der Waals surface area contributed by atoms with E-state index in [1.807, 2.05) is 19.1 Å². The Morgan fingerprint density at radius 3 is 2.75 bits per heavy atom. The molecule has 0 radical (unpaired) electrons. The lowest BCUT2D eigenvalue weighted by molar-refractivity contribution is -0.116. The summed E-state index contributed by atoms with van der Waals surface area (Å²) < 4.78 is 0. The van der Waals surface area contributed by atoms with Crippen molar-refractivity contribution in [2.75, 3.05) is 5.32 Å². The minimum absolute atomic E-state index is 0.0419. The normalized spacial score (nSPS) is 15.5. The van der Waals surface area contributed by atoms with E-state index >= 15 is 0 Å². The highest BCUT2D eigenvalue weighted by molar-refractivity contribution is 5.98. The first-order chi connectivity index (χ1) is 9.45. The molecule has 1 heterocycles. The van der Waals surface area contributed by atoms with Crippen LogP contribution in [0.1, 0.15) is 49.5 Å². The molecule has 0 bridgehead atoms. The molecule has 2 amide bonds. The van der Waals surface area contributed by atoms with E-state index in [1.165, 1.54) is 0 Å². The van der Waals surface area contributed by atoms with Crippen LogP contribution in [0.15, 0.2) is 18.2 Å². The molecule has 2 N–H and O–H groups in total. The number of rotatable bonds is 4. The fourth-order valence-corrected chi connectivity index (χ4v) is 2.60. The largest absolute Gasteiger partial charge is 0.350 e. The number of aryl methyl sites for hydroxylation is 1. The predicted octanol–water partition coefficient (Wildman–Crippen LogP) is 2.74. The second-order valence-electron chi connectivity index (χ2n) is 5.92. The van der Waals surface area contributed by atoms with Crippen molar-refractivity contribution in [3.8, 4) is 0 Å². The Morgan fingerprint density at radius 2 is 2.05 bits per heavy atom. The lowest BCUT2D eigenvalue weighted by Crippen LogP contribution is -2.33. The number of carbonyl (C=O) groups is 2. The third kappa shape index (κ3) is 3.59. The minimum atomic E-state index is -0.0437. The highest BCUT2D eigenvalue weighted by atomic mass is 16.2. The number of carbonyl (C=O) groups excluding carboxylic acids is 2. The maximum absolute atomic E-state index is 12.2. The van der Waals surface area contributed by atoms with Crippen LogP contribution in [-0.2, 0) is 11.2 Å². The summed E-state index contributed by atoms with van der Waals surface area (Å²) in [5.74, 6) is 0.558. The standard InChI is InChI=1S/C16H22N2O2/c1-10(2)8-11(3)17-16(20)13-4-6-14-12(9-13)5-7-15(19)18-14/h4,6,9-11H,5,7-8H2,1-3H3,(H,17,20)(H,18,19). The van der Waals surface area contributed by atoms with Crippen molar-refractivity contribution in [2.24, 2.45) is 5.92 Å². The molecule has 1 aromatic carbocycles. The van der Waals surface area contributed by atoms with E-state index in [0.29, 0.717) is 24.3 Å². The van der Waals surface area contributed by atoms with Crippen molar-refractivity contribution >= 4 is 17.5 Å². The maximum Gasteiger partial charge on any atom is 0.251 e. The fraction of sp³-hybridized carbons (Fsp3) is 0.500. The molecule has 0 spiro atoms. The van der Waals surface area contributed by atoms with Crippen molar-refractivity contribution in [3.63, 3.8) is 0 Å². The van der Waals surface area contributed by atoms with Gasteiger partial charge in [0.2, 0.25) is 5.91 Å². The van der Waals surface area contributed by atoms with Crippen LogP contribution < -0.4 is 10.6 Å². The van der Waals surface area contributed by atoms with Gasteiger partial charge in [-0.1, -0.05) is 13.8 Å². The molecule has 0 aromatic heterocycles. The highest BCUT2D eigenvalue weighted by Gasteiger charge is 2.17. The van der Waals surface area contributed by atoms with Crippen LogP contribution in [0.25, 0.3) is 0 Å². The number of hydrogen-bond acceptors (Lipinski definition) is 2. The molecule has 20 heavy (non-hydrogen) atoms. The summed E-state index contributed by atoms with van der Waals surface area (Å²) in [7, 11) is 0. The quantitative estimate of drug-likeness (QED) is 0.887. The third-order valence-corrected chi connectivity index (χ3v) is 3.47. The van der Waals surface area contributed by atoms with Crippen molar-refractivity contribution in [1.82, 2.24) is 5.32 Å². The van der Waals surface area contributed by atoms with E-state index in [1.54, 1.807) is 6.07 Å². The summed E-state index contributed by atoms with van der Waals surface area (Å²) in [4.78, 5) is 23.5. The van der Waals surface area contributed by atoms with Gasteiger partial charge < -0.3 is 10.6 Å². The van der Waals surface area contributed by atoms with Crippen molar-refractivity contribution in [1.29, 1.82) is 0 Å². The molecule has 4 heteroatoms. The number of nitrogens with one attached hydrogen (secondary N) is 2. The Labute approximate surface area is 119 Å². The van der Waals surface area contributed by atoms with E-state index < -0.39 is 0 Å². The molecule has 0 saturated carbocycles. The molecule has 1 aliphatic heterocycles. The van der Waals surface area contributed by atoms with E-state index in [9.17, 15) is 9.59 Å². The van der Waals surface area contributed by atoms with Crippen molar-refractivity contribution in [2.45, 2.75) is 46.1 Å². The molecule has 1 unspecified atom stereocenters. The highest BCUT2D eigenvalue weighted by Crippen LogP contribution is 2.23. The van der Waals surface area contributed by atoms with Gasteiger partial charge in [-0.05, 0) is 49.4 Å². The van der Waals surface area contributed by atoms with E-state index in [2.05, 4.69) is 24.5 Å². The van der Waals surface area contributed by atoms with Gasteiger partial charge in [-0.2, -0.15) is 0 Å². The summed E-state index contributed by atoms with van der Waals surface area (Å²) in [5.41, 5.74) is 2.53. The molecule has 4 nitrogen and oxygen atoms in total. The van der Waals surface area contributed by atoms with Gasteiger partial charge in [0.25, 0.3) is 5.91 Å². The number of anilines is 1. The van der Waals surface area contributed by atoms with Crippen LogP contribution in [0.5, 0.6) is 0 Å². The number of hydrogen-bond donors (Lipinski definition) is 2. The molecular weight excluding hydrogens is 252 g/mol. The van der Waals surface area contributed by atoms with Gasteiger partial charge in [-0.25, -0.2) is 0 Å². The molecule has 0 saturated heterocycles. The molecule has 1 aromatic rings. The predicted molar refractivity (Wildman–Crippen MR) is 79.8 cm³/mol. The first-order valence-electron chi connectivity index (χ1n) is 7.19. The van der Waals surface area contributed by atoms with E-state index in [4.69, 9.17) is 0 Å². The molecule has 0 aliphatic carbocycles. The zero-order valence-electron chi connectivity index (χ0n) is 12.3. The van der Waals surface area contributed by atoms with Gasteiger partial charge in [0.05, 0.1) is 0 Å². The van der Waals surface area contributed by atoms with E-state index in [-0.39, 0.29) is 17.9 Å². The van der Waals surface area contributed by atoms with Gasteiger partial charge in [0, 0.05) is 23.7 Å². The smallest absolute Gasteiger partial charge is 0.251 e. The molecule has 108 valence electrons. The first-order valence-corrected chi connectivity index (χ1v) is 7.19. The first kappa shape index (κ1) is 14.6. The molecular formula is C16H22N2O2. The summed E-state index contributed by atoms with van der Waals surface area (Å²) in [6.07, 6.45) is 2.15. The zero-order valence-corrected chi connectivity index (χ0v) is 12.3. The Bertz CT molecular complexity index is 523. The van der Waals surface area contributed by atoms with Crippen LogP contribution >= 0.6 is 0 Å². The lowest BCUT2D eigenvalue weighted by Gasteiger charge is -2.19. The molecule has 1 aliphatic rings. The van der Waals surface area contributed by atoms with Crippen molar-refractivity contribution in [3.05, 3.63) is 29.3 Å². The average Bonchev–Trinajstić information content (AvgIpc) is 2.36. The summed E-state index contributed by atoms with van der Waals surface area (Å²) >= 11 is 0. The number of benzene rings is 1. The number of amides is 2. The van der Waals surface area contributed by atoms with Crippen LogP contribution in [0, 0.1) is 5.92 Å². The molecule has 0 fully saturated rings. The van der Waals surface area contributed by atoms with Gasteiger partial charge in [0.1, 0.15) is 0 Å². The second-order valence-corrected chi connectivity index (χ2v) is 5.92. The fourth-order valence-electron chi connectivity index (χ4n) is 2.60. The van der Waals surface area contributed by atoms with Crippen molar-refractivity contribution < 1.29 is 9.59 Å². The minimum Gasteiger partial charge on any atom is -0.350 e. The van der Waals surface area contributed by atoms with Crippen LogP contribution in [0.4, 0.5) is 5.69 Å². The third-order valence-electron chi connectivity index (χ3n) is 3.47. The Morgan fingerprint density at radius 1 is 1.30 bits per heavy atom. The topological polar surface area (TPSA) is 58.2 Å². The van der Waals surface area contributed by atoms with Crippen LogP contribution in [-0.4, -0.2) is 17.9 Å². The molecule has 1 atom stereocenters. The number of fused-ring (bicyclic) bond motifs is 1. The Hall–Kier alpha value is -1.84. The summed E-state index contributed by atoms with van der Waals surface area (Å²) in [6.45, 7) is 6.31. The zero-order chi connectivity index (χ0) is 14.7. The summed E-state index contributed by atoms with van der Waals surface area (Å²) in [6, 6.07) is 5.63. The van der Waals surface area contributed by atoms with Gasteiger partial charge in [-0.15, -0.1) is 0 Å². The Kier molecular flexibility index (Phi) is 4.42. The van der Waals surface area contributed by atoms with E-state index in [0.717, 1.165) is 17.7 Å². The monoisotopic (exact) mass is 274 g/mol. The van der Waals surface area contributed by atoms with Gasteiger partial charge in [-0.3, -0.25) is 9.59 Å². The van der Waals surface area contributed by atoms with Gasteiger partial charge >= 0.3 is 0 Å². The summed E-state index contributed by atoms with van der Waals surface area (Å²) in [5, 5.41) is 5.84. The SMILES string of the molecule is CC(C)CC(C)NC(=O)c1ccc2c(c1)CCC(=O)N2. The Balaban J connectivity index is 2.06. The average molecular weight is 274 g/mol. The molecule has 2 rings (SSSR count). The lowest BCUT2D eigenvalue weighted by atomic mass is 9.99. The second kappa shape index (κ2) is 6.07. The maximum atomic E-state index is 12.2.